The molecule has 0 saturated heterocycles. The van der Waals surface area contributed by atoms with Crippen molar-refractivity contribution in [2.75, 3.05) is 52.9 Å². The van der Waals surface area contributed by atoms with Gasteiger partial charge in [-0.1, -0.05) is 133 Å². The van der Waals surface area contributed by atoms with Crippen molar-refractivity contribution in [2.45, 2.75) is 0 Å². The Hall–Kier alpha value is -6.90. The van der Waals surface area contributed by atoms with Crippen LogP contribution in [0.5, 0.6) is 0 Å². The molecule has 10 rings (SSSR count). The van der Waals surface area contributed by atoms with Gasteiger partial charge in [-0.25, -0.2) is 9.59 Å². The van der Waals surface area contributed by atoms with E-state index in [4.69, 9.17) is 23.7 Å². The molecule has 0 saturated carbocycles. The van der Waals surface area contributed by atoms with Gasteiger partial charge in [0.05, 0.1) is 50.8 Å². The highest BCUT2D eigenvalue weighted by Crippen LogP contribution is 2.41. The summed E-state index contributed by atoms with van der Waals surface area (Å²) in [4.78, 5) is 25.9. The van der Waals surface area contributed by atoms with Gasteiger partial charge in [0, 0.05) is 0 Å². The maximum absolute atomic E-state index is 13.0. The van der Waals surface area contributed by atoms with Crippen molar-refractivity contribution in [1.29, 1.82) is 0 Å². The second-order valence-electron chi connectivity index (χ2n) is 15.2. The van der Waals surface area contributed by atoms with Crippen LogP contribution in [0.4, 0.5) is 0 Å². The zero-order valence-corrected chi connectivity index (χ0v) is 33.5. The molecule has 0 heterocycles. The van der Waals surface area contributed by atoms with Gasteiger partial charge in [0.25, 0.3) is 0 Å². The van der Waals surface area contributed by atoms with Crippen LogP contribution in [0.3, 0.4) is 0 Å². The molecule has 0 aromatic heterocycles. The first kappa shape index (κ1) is 38.3. The van der Waals surface area contributed by atoms with E-state index in [1.165, 1.54) is 53.9 Å². The van der Waals surface area contributed by atoms with Gasteiger partial charge in [-0.2, -0.15) is 0 Å². The van der Waals surface area contributed by atoms with Crippen LogP contribution in [-0.2, 0) is 23.7 Å². The van der Waals surface area contributed by atoms with Crippen LogP contribution >= 0.6 is 0 Å². The summed E-state index contributed by atoms with van der Waals surface area (Å²) < 4.78 is 27.9. The molecule has 0 bridgehead atoms. The molecule has 0 fully saturated rings. The number of benzene rings is 10. The lowest BCUT2D eigenvalue weighted by Crippen LogP contribution is -2.15. The third-order valence-electron chi connectivity index (χ3n) is 11.5. The Bertz CT molecular complexity index is 2940. The van der Waals surface area contributed by atoms with Gasteiger partial charge in [0.15, 0.2) is 0 Å². The molecule has 0 atom stereocenters. The molecular weight excluding hydrogens is 761 g/mol. The summed E-state index contributed by atoms with van der Waals surface area (Å²) in [6, 6.07) is 53.9. The average molecular weight is 803 g/mol. The molecule has 0 aliphatic heterocycles. The lowest BCUT2D eigenvalue weighted by Gasteiger charge is -2.14. The number of rotatable bonds is 16. The molecule has 7 nitrogen and oxygen atoms in total. The number of esters is 2. The monoisotopic (exact) mass is 802 g/mol. The molecule has 61 heavy (non-hydrogen) atoms. The standard InChI is InChI=1S/C54H42O7/c55-53(43-11-3-9-41(33-43)45-21-17-39-15-13-35-5-1-7-37-19-23-47(45)51(39)49(35)37)60-31-29-58-27-25-57-26-28-59-30-32-61-54(56)44-12-4-10-42(34-44)46-22-18-40-16-14-36-6-2-8-38-20-24-48(46)52(40)50(36)38/h1-24,33-34H,25-32H2. The summed E-state index contributed by atoms with van der Waals surface area (Å²) in [5.74, 6) is -0.786. The van der Waals surface area contributed by atoms with Crippen LogP contribution in [0.1, 0.15) is 20.7 Å². The van der Waals surface area contributed by atoms with E-state index in [1.54, 1.807) is 12.1 Å². The number of hydrogen-bond acceptors (Lipinski definition) is 7. The fourth-order valence-corrected chi connectivity index (χ4v) is 8.70. The second kappa shape index (κ2) is 17.0. The van der Waals surface area contributed by atoms with Crippen LogP contribution in [-0.4, -0.2) is 64.8 Å². The SMILES string of the molecule is O=C(OCCOCCOCCOCCOC(=O)c1cccc(-c2ccc3ccc4cccc5ccc2c3c45)c1)c1cccc(-c2ccc3ccc4cccc5ccc2c3c45)c1. The molecular formula is C54H42O7. The normalized spacial score (nSPS) is 11.8. The van der Waals surface area contributed by atoms with E-state index in [-0.39, 0.29) is 26.4 Å². The molecule has 0 unspecified atom stereocenters. The van der Waals surface area contributed by atoms with Crippen LogP contribution in [0, 0.1) is 0 Å². The zero-order chi connectivity index (χ0) is 41.1. The highest BCUT2D eigenvalue weighted by atomic mass is 16.6. The third-order valence-corrected chi connectivity index (χ3v) is 11.5. The first-order valence-corrected chi connectivity index (χ1v) is 20.7. The lowest BCUT2D eigenvalue weighted by molar-refractivity contribution is -0.00674. The van der Waals surface area contributed by atoms with E-state index in [2.05, 4.69) is 109 Å². The van der Waals surface area contributed by atoms with Crippen LogP contribution in [0.25, 0.3) is 86.9 Å². The van der Waals surface area contributed by atoms with Crippen molar-refractivity contribution in [3.63, 3.8) is 0 Å². The van der Waals surface area contributed by atoms with E-state index >= 15 is 0 Å². The third kappa shape index (κ3) is 7.60. The van der Waals surface area contributed by atoms with Crippen LogP contribution in [0.15, 0.2) is 158 Å². The summed E-state index contributed by atoms with van der Waals surface area (Å²) in [5.41, 5.74) is 5.06. The predicted molar refractivity (Wildman–Crippen MR) is 244 cm³/mol. The maximum Gasteiger partial charge on any atom is 0.338 e. The van der Waals surface area contributed by atoms with Crippen molar-refractivity contribution >= 4 is 76.6 Å². The minimum atomic E-state index is -0.393. The number of ether oxygens (including phenoxy) is 5. The summed E-state index contributed by atoms with van der Waals surface area (Å²) in [6.45, 7) is 2.23. The number of carbonyl (C=O) groups excluding carboxylic acids is 2. The van der Waals surface area contributed by atoms with Crippen molar-refractivity contribution < 1.29 is 33.3 Å². The highest BCUT2D eigenvalue weighted by molar-refractivity contribution is 6.26. The molecule has 7 heteroatoms. The molecule has 0 radical (unpaired) electrons. The van der Waals surface area contributed by atoms with Crippen molar-refractivity contribution in [3.05, 3.63) is 169 Å². The van der Waals surface area contributed by atoms with Gasteiger partial charge < -0.3 is 23.7 Å². The average Bonchev–Trinajstić information content (AvgIpc) is 3.31. The Morgan fingerprint density at radius 2 is 0.656 bits per heavy atom. The van der Waals surface area contributed by atoms with Gasteiger partial charge in [-0.15, -0.1) is 0 Å². The Morgan fingerprint density at radius 3 is 1.07 bits per heavy atom. The maximum atomic E-state index is 13.0. The minimum absolute atomic E-state index is 0.133. The second-order valence-corrected chi connectivity index (χ2v) is 15.2. The number of hydrogen-bond donors (Lipinski definition) is 0. The Kier molecular flexibility index (Phi) is 10.7. The summed E-state index contributed by atoms with van der Waals surface area (Å²) in [5, 5.41) is 14.6. The fourth-order valence-electron chi connectivity index (χ4n) is 8.70. The van der Waals surface area contributed by atoms with E-state index in [0.29, 0.717) is 37.6 Å². The lowest BCUT2D eigenvalue weighted by atomic mass is 9.89. The summed E-state index contributed by atoms with van der Waals surface area (Å²) in [7, 11) is 0. The van der Waals surface area contributed by atoms with E-state index < -0.39 is 11.9 Å². The molecule has 0 aliphatic carbocycles. The Labute approximate surface area is 352 Å². The van der Waals surface area contributed by atoms with Crippen molar-refractivity contribution in [2.24, 2.45) is 0 Å². The molecule has 0 N–H and O–H groups in total. The van der Waals surface area contributed by atoms with Crippen molar-refractivity contribution in [3.8, 4) is 22.3 Å². The molecule has 10 aromatic carbocycles. The first-order valence-electron chi connectivity index (χ1n) is 20.7. The van der Waals surface area contributed by atoms with E-state index in [0.717, 1.165) is 33.0 Å². The van der Waals surface area contributed by atoms with Gasteiger partial charge in [0.2, 0.25) is 0 Å². The van der Waals surface area contributed by atoms with Gasteiger partial charge in [0.1, 0.15) is 13.2 Å². The molecule has 300 valence electrons. The Balaban J connectivity index is 0.629. The topological polar surface area (TPSA) is 80.3 Å². The summed E-state index contributed by atoms with van der Waals surface area (Å²) >= 11 is 0. The smallest absolute Gasteiger partial charge is 0.338 e. The van der Waals surface area contributed by atoms with Crippen LogP contribution < -0.4 is 0 Å². The molecule has 0 amide bonds. The van der Waals surface area contributed by atoms with Gasteiger partial charge in [-0.05, 0) is 111 Å². The zero-order valence-electron chi connectivity index (χ0n) is 33.5. The highest BCUT2D eigenvalue weighted by Gasteiger charge is 2.16. The van der Waals surface area contributed by atoms with E-state index in [9.17, 15) is 9.59 Å². The largest absolute Gasteiger partial charge is 0.460 e. The molecule has 0 aliphatic rings. The van der Waals surface area contributed by atoms with Gasteiger partial charge in [-0.3, -0.25) is 0 Å². The van der Waals surface area contributed by atoms with Crippen molar-refractivity contribution in [1.82, 2.24) is 0 Å². The summed E-state index contributed by atoms with van der Waals surface area (Å²) in [6.07, 6.45) is 0. The van der Waals surface area contributed by atoms with Gasteiger partial charge >= 0.3 is 11.9 Å². The molecule has 10 aromatic rings. The van der Waals surface area contributed by atoms with Crippen LogP contribution in [0.2, 0.25) is 0 Å². The minimum Gasteiger partial charge on any atom is -0.460 e. The number of carbonyl (C=O) groups is 2. The molecule has 0 spiro atoms. The predicted octanol–water partition coefficient (Wildman–Crippen LogP) is 11.9. The quantitative estimate of drug-likeness (QED) is 0.0547. The Morgan fingerprint density at radius 1 is 0.328 bits per heavy atom. The fraction of sp³-hybridized carbons (Fsp3) is 0.148. The first-order chi connectivity index (χ1) is 30.1. The van der Waals surface area contributed by atoms with E-state index in [1.807, 2.05) is 36.4 Å².